The lowest BCUT2D eigenvalue weighted by Gasteiger charge is -2.01. The number of ketones is 1. The number of Topliss-reactive ketones (excluding diaryl/α,β-unsaturated/α-hetero) is 1. The second-order valence-corrected chi connectivity index (χ2v) is 3.53. The van der Waals surface area contributed by atoms with Crippen molar-refractivity contribution in [2.45, 2.75) is 59.3 Å². The molecule has 0 aliphatic carbocycles. The number of carbonyl (C=O) groups excluding carboxylic acids is 1. The molecule has 0 aliphatic rings. The van der Waals surface area contributed by atoms with Gasteiger partial charge in [0.1, 0.15) is 0 Å². The normalized spacial score (nSPS) is 11.8. The van der Waals surface area contributed by atoms with E-state index in [1.807, 2.05) is 0 Å². The quantitative estimate of drug-likeness (QED) is 0.431. The summed E-state index contributed by atoms with van der Waals surface area (Å²) in [4.78, 5) is 11.2. The third-order valence-corrected chi connectivity index (χ3v) is 2.20. The standard InChI is InChI=1S/C12H22O/c1-4-6-8-10-12(11(3)13)9-7-5-2/h10H,4-9H2,1-3H3/b12-10-. The van der Waals surface area contributed by atoms with Crippen LogP contribution in [0.15, 0.2) is 11.6 Å². The van der Waals surface area contributed by atoms with Crippen LogP contribution in [-0.4, -0.2) is 5.78 Å². The average Bonchev–Trinajstić information content (AvgIpc) is 2.10. The van der Waals surface area contributed by atoms with Gasteiger partial charge in [-0.15, -0.1) is 0 Å². The minimum absolute atomic E-state index is 0.254. The molecule has 0 amide bonds. The van der Waals surface area contributed by atoms with Crippen molar-refractivity contribution in [3.05, 3.63) is 11.6 Å². The molecule has 0 unspecified atom stereocenters. The highest BCUT2D eigenvalue weighted by Crippen LogP contribution is 2.10. The molecule has 0 radical (unpaired) electrons. The Kier molecular flexibility index (Phi) is 7.66. The minimum Gasteiger partial charge on any atom is -0.295 e. The summed E-state index contributed by atoms with van der Waals surface area (Å²) < 4.78 is 0. The van der Waals surface area contributed by atoms with Gasteiger partial charge in [0.2, 0.25) is 0 Å². The Morgan fingerprint density at radius 1 is 1.15 bits per heavy atom. The highest BCUT2D eigenvalue weighted by Gasteiger charge is 2.01. The zero-order valence-corrected chi connectivity index (χ0v) is 9.23. The van der Waals surface area contributed by atoms with Crippen molar-refractivity contribution >= 4 is 5.78 Å². The summed E-state index contributed by atoms with van der Waals surface area (Å²) in [5, 5.41) is 0. The van der Waals surface area contributed by atoms with Crippen LogP contribution in [0.3, 0.4) is 0 Å². The lowest BCUT2D eigenvalue weighted by atomic mass is 10.0. The third kappa shape index (κ3) is 6.56. The van der Waals surface area contributed by atoms with Crippen LogP contribution in [0.1, 0.15) is 59.3 Å². The van der Waals surface area contributed by atoms with E-state index in [0.29, 0.717) is 0 Å². The van der Waals surface area contributed by atoms with Gasteiger partial charge in [0.05, 0.1) is 0 Å². The van der Waals surface area contributed by atoms with Crippen molar-refractivity contribution in [3.63, 3.8) is 0 Å². The number of hydrogen-bond donors (Lipinski definition) is 0. The van der Waals surface area contributed by atoms with Gasteiger partial charge in [0.25, 0.3) is 0 Å². The van der Waals surface area contributed by atoms with Gasteiger partial charge in [0.15, 0.2) is 5.78 Å². The molecule has 13 heavy (non-hydrogen) atoms. The molecule has 0 atom stereocenters. The maximum atomic E-state index is 11.2. The number of allylic oxidation sites excluding steroid dienone is 2. The van der Waals surface area contributed by atoms with Gasteiger partial charge in [-0.1, -0.05) is 39.2 Å². The maximum absolute atomic E-state index is 11.2. The number of rotatable bonds is 7. The molecule has 0 fully saturated rings. The zero-order chi connectivity index (χ0) is 10.1. The van der Waals surface area contributed by atoms with Crippen LogP contribution in [0.25, 0.3) is 0 Å². The first-order chi connectivity index (χ1) is 6.22. The van der Waals surface area contributed by atoms with Crippen LogP contribution < -0.4 is 0 Å². The number of hydrogen-bond acceptors (Lipinski definition) is 1. The first-order valence-electron chi connectivity index (χ1n) is 5.42. The first kappa shape index (κ1) is 12.4. The zero-order valence-electron chi connectivity index (χ0n) is 9.23. The molecule has 0 heterocycles. The van der Waals surface area contributed by atoms with E-state index < -0.39 is 0 Å². The fourth-order valence-electron chi connectivity index (χ4n) is 1.27. The fraction of sp³-hybridized carbons (Fsp3) is 0.750. The van der Waals surface area contributed by atoms with Crippen LogP contribution >= 0.6 is 0 Å². The largest absolute Gasteiger partial charge is 0.295 e. The molecule has 0 N–H and O–H groups in total. The summed E-state index contributed by atoms with van der Waals surface area (Å²) in [6, 6.07) is 0. The van der Waals surface area contributed by atoms with Crippen molar-refractivity contribution in [1.29, 1.82) is 0 Å². The summed E-state index contributed by atoms with van der Waals surface area (Å²) in [5.41, 5.74) is 1.04. The molecule has 0 rings (SSSR count). The Morgan fingerprint density at radius 2 is 1.77 bits per heavy atom. The maximum Gasteiger partial charge on any atom is 0.155 e. The van der Waals surface area contributed by atoms with Crippen molar-refractivity contribution in [3.8, 4) is 0 Å². The Balaban J connectivity index is 3.92. The molecule has 76 valence electrons. The van der Waals surface area contributed by atoms with Crippen molar-refractivity contribution in [2.75, 3.05) is 0 Å². The fourth-order valence-corrected chi connectivity index (χ4v) is 1.27. The van der Waals surface area contributed by atoms with E-state index in [4.69, 9.17) is 0 Å². The summed E-state index contributed by atoms with van der Waals surface area (Å²) in [7, 11) is 0. The van der Waals surface area contributed by atoms with Crippen LogP contribution in [0.2, 0.25) is 0 Å². The van der Waals surface area contributed by atoms with Crippen LogP contribution in [0.4, 0.5) is 0 Å². The van der Waals surface area contributed by atoms with Gasteiger partial charge < -0.3 is 0 Å². The van der Waals surface area contributed by atoms with E-state index in [2.05, 4.69) is 19.9 Å². The Morgan fingerprint density at radius 3 is 2.23 bits per heavy atom. The van der Waals surface area contributed by atoms with E-state index in [1.54, 1.807) is 6.92 Å². The molecule has 0 aliphatic heterocycles. The molecule has 0 bridgehead atoms. The van der Waals surface area contributed by atoms with Gasteiger partial charge in [-0.25, -0.2) is 0 Å². The molecular weight excluding hydrogens is 160 g/mol. The predicted octanol–water partition coefficient (Wildman–Crippen LogP) is 3.88. The van der Waals surface area contributed by atoms with E-state index >= 15 is 0 Å². The molecular formula is C12H22O. The SMILES string of the molecule is CCCC/C=C(/CCCC)C(C)=O. The molecule has 1 nitrogen and oxygen atoms in total. The summed E-state index contributed by atoms with van der Waals surface area (Å²) in [6.07, 6.45) is 8.86. The smallest absolute Gasteiger partial charge is 0.155 e. The van der Waals surface area contributed by atoms with Crippen LogP contribution in [0.5, 0.6) is 0 Å². The van der Waals surface area contributed by atoms with Crippen LogP contribution in [0, 0.1) is 0 Å². The first-order valence-corrected chi connectivity index (χ1v) is 5.42. The monoisotopic (exact) mass is 182 g/mol. The second-order valence-electron chi connectivity index (χ2n) is 3.53. The van der Waals surface area contributed by atoms with Gasteiger partial charge in [-0.3, -0.25) is 4.79 Å². The van der Waals surface area contributed by atoms with Crippen molar-refractivity contribution < 1.29 is 4.79 Å². The second kappa shape index (κ2) is 8.03. The lowest BCUT2D eigenvalue weighted by Crippen LogP contribution is -1.96. The average molecular weight is 182 g/mol. The van der Waals surface area contributed by atoms with E-state index in [9.17, 15) is 4.79 Å². The number of carbonyl (C=O) groups is 1. The number of unbranched alkanes of at least 4 members (excludes halogenated alkanes) is 3. The Bertz CT molecular complexity index is 168. The molecule has 0 saturated heterocycles. The molecule has 0 spiro atoms. The molecule has 1 heteroatoms. The van der Waals surface area contributed by atoms with Gasteiger partial charge in [0, 0.05) is 0 Å². The van der Waals surface area contributed by atoms with E-state index in [1.165, 1.54) is 19.3 Å². The summed E-state index contributed by atoms with van der Waals surface area (Å²) >= 11 is 0. The van der Waals surface area contributed by atoms with Gasteiger partial charge >= 0.3 is 0 Å². The van der Waals surface area contributed by atoms with Gasteiger partial charge in [-0.05, 0) is 31.8 Å². The Labute approximate surface area is 82.2 Å². The summed E-state index contributed by atoms with van der Waals surface area (Å²) in [5.74, 6) is 0.254. The summed E-state index contributed by atoms with van der Waals surface area (Å²) in [6.45, 7) is 6.00. The molecule has 0 aromatic heterocycles. The molecule has 0 aromatic rings. The highest BCUT2D eigenvalue weighted by atomic mass is 16.1. The molecule has 0 aromatic carbocycles. The van der Waals surface area contributed by atoms with E-state index in [-0.39, 0.29) is 5.78 Å². The predicted molar refractivity (Wildman–Crippen MR) is 57.8 cm³/mol. The highest BCUT2D eigenvalue weighted by molar-refractivity contribution is 5.93. The third-order valence-electron chi connectivity index (χ3n) is 2.20. The van der Waals surface area contributed by atoms with E-state index in [0.717, 1.165) is 24.8 Å². The van der Waals surface area contributed by atoms with Crippen LogP contribution in [-0.2, 0) is 4.79 Å². The van der Waals surface area contributed by atoms with Crippen molar-refractivity contribution in [2.24, 2.45) is 0 Å². The molecule has 0 saturated carbocycles. The van der Waals surface area contributed by atoms with Gasteiger partial charge in [-0.2, -0.15) is 0 Å². The topological polar surface area (TPSA) is 17.1 Å². The van der Waals surface area contributed by atoms with Crippen molar-refractivity contribution in [1.82, 2.24) is 0 Å². The Hall–Kier alpha value is -0.590. The minimum atomic E-state index is 0.254. The lowest BCUT2D eigenvalue weighted by molar-refractivity contribution is -0.113.